The molecule has 0 saturated heterocycles. The van der Waals surface area contributed by atoms with Crippen molar-refractivity contribution in [2.45, 2.75) is 23.7 Å². The molecule has 1 aromatic carbocycles. The largest absolute Gasteiger partial charge is 0.469 e. The topological polar surface area (TPSA) is 80.5 Å². The van der Waals surface area contributed by atoms with Gasteiger partial charge in [0.05, 0.1) is 18.4 Å². The van der Waals surface area contributed by atoms with Crippen molar-refractivity contribution in [1.82, 2.24) is 19.7 Å². The Balaban J connectivity index is 1.76. The zero-order valence-corrected chi connectivity index (χ0v) is 15.3. The molecule has 132 valence electrons. The van der Waals surface area contributed by atoms with Gasteiger partial charge in [-0.05, 0) is 42.4 Å². The number of nitrogens with zero attached hydrogens (tertiary/aromatic N) is 5. The maximum Gasteiger partial charge on any atom is 0.198 e. The zero-order chi connectivity index (χ0) is 18.6. The van der Waals surface area contributed by atoms with Crippen molar-refractivity contribution in [3.63, 3.8) is 0 Å². The molecule has 0 aliphatic rings. The van der Waals surface area contributed by atoms with Crippen LogP contribution >= 0.6 is 11.8 Å². The van der Waals surface area contributed by atoms with Crippen molar-refractivity contribution >= 4 is 11.8 Å². The van der Waals surface area contributed by atoms with E-state index in [1.165, 1.54) is 11.8 Å². The number of nitriles is 1. The lowest BCUT2D eigenvalue weighted by Gasteiger charge is -2.10. The van der Waals surface area contributed by atoms with Crippen LogP contribution in [0.1, 0.15) is 17.0 Å². The number of aryl methyl sites for hydroxylation is 1. The molecule has 0 radical (unpaired) electrons. The summed E-state index contributed by atoms with van der Waals surface area (Å²) in [7, 11) is 0. The van der Waals surface area contributed by atoms with Crippen LogP contribution in [0.15, 0.2) is 75.5 Å². The van der Waals surface area contributed by atoms with Crippen LogP contribution in [0.25, 0.3) is 11.4 Å². The molecule has 0 aliphatic heterocycles. The number of pyridine rings is 1. The smallest absolute Gasteiger partial charge is 0.198 e. The molecule has 0 fully saturated rings. The summed E-state index contributed by atoms with van der Waals surface area (Å²) >= 11 is 1.38. The molecule has 27 heavy (non-hydrogen) atoms. The molecule has 0 spiro atoms. The van der Waals surface area contributed by atoms with E-state index in [4.69, 9.17) is 9.68 Å². The summed E-state index contributed by atoms with van der Waals surface area (Å²) < 4.78 is 7.49. The first-order valence-electron chi connectivity index (χ1n) is 8.31. The molecule has 0 aliphatic carbocycles. The lowest BCUT2D eigenvalue weighted by Crippen LogP contribution is -2.04. The molecule has 3 aromatic heterocycles. The van der Waals surface area contributed by atoms with Gasteiger partial charge in [-0.2, -0.15) is 5.26 Å². The minimum absolute atomic E-state index is 0.375. The molecule has 0 saturated carbocycles. The van der Waals surface area contributed by atoms with Gasteiger partial charge in [0, 0.05) is 0 Å². The Morgan fingerprint density at radius 1 is 1.07 bits per heavy atom. The zero-order valence-electron chi connectivity index (χ0n) is 14.5. The Morgan fingerprint density at radius 2 is 1.93 bits per heavy atom. The average Bonchev–Trinajstić information content (AvgIpc) is 3.29. The summed E-state index contributed by atoms with van der Waals surface area (Å²) in [5.41, 5.74) is 2.42. The van der Waals surface area contributed by atoms with E-state index in [1.807, 2.05) is 47.9 Å². The Labute approximate surface area is 160 Å². The van der Waals surface area contributed by atoms with E-state index in [9.17, 15) is 0 Å². The van der Waals surface area contributed by atoms with Gasteiger partial charge in [-0.3, -0.25) is 4.57 Å². The second-order valence-electron chi connectivity index (χ2n) is 5.84. The van der Waals surface area contributed by atoms with Gasteiger partial charge in [0.1, 0.15) is 22.5 Å². The van der Waals surface area contributed by atoms with Crippen molar-refractivity contribution in [2.75, 3.05) is 0 Å². The summed E-state index contributed by atoms with van der Waals surface area (Å²) in [4.78, 5) is 4.33. The van der Waals surface area contributed by atoms with Gasteiger partial charge in [-0.1, -0.05) is 36.4 Å². The normalized spacial score (nSPS) is 10.7. The second-order valence-corrected chi connectivity index (χ2v) is 6.83. The van der Waals surface area contributed by atoms with Crippen molar-refractivity contribution < 1.29 is 4.42 Å². The Hall–Kier alpha value is -3.37. The third-order valence-electron chi connectivity index (χ3n) is 4.03. The highest BCUT2D eigenvalue weighted by Gasteiger charge is 2.18. The van der Waals surface area contributed by atoms with Crippen LogP contribution in [-0.4, -0.2) is 19.7 Å². The second kappa shape index (κ2) is 7.48. The Morgan fingerprint density at radius 3 is 2.67 bits per heavy atom. The van der Waals surface area contributed by atoms with Gasteiger partial charge in [0.15, 0.2) is 11.0 Å². The van der Waals surface area contributed by atoms with E-state index < -0.39 is 0 Å². The van der Waals surface area contributed by atoms with Crippen molar-refractivity contribution in [3.05, 3.63) is 77.9 Å². The highest BCUT2D eigenvalue weighted by Crippen LogP contribution is 2.31. The third kappa shape index (κ3) is 3.61. The summed E-state index contributed by atoms with van der Waals surface area (Å²) in [6.07, 6.45) is 1.65. The monoisotopic (exact) mass is 373 g/mol. The van der Waals surface area contributed by atoms with Crippen LogP contribution in [0.5, 0.6) is 0 Å². The summed E-state index contributed by atoms with van der Waals surface area (Å²) in [5.74, 6) is 1.53. The van der Waals surface area contributed by atoms with Crippen LogP contribution < -0.4 is 0 Å². The SMILES string of the molecule is Cc1occc1-c1nnc(Sc2cccc(C#N)n2)n1Cc1ccccc1. The molecule has 0 bridgehead atoms. The van der Waals surface area contributed by atoms with Crippen LogP contribution in [0.3, 0.4) is 0 Å². The molecule has 7 heteroatoms. The number of aromatic nitrogens is 4. The Bertz CT molecular complexity index is 1110. The van der Waals surface area contributed by atoms with Gasteiger partial charge in [0.25, 0.3) is 0 Å². The number of hydrogen-bond donors (Lipinski definition) is 0. The number of benzene rings is 1. The quantitative estimate of drug-likeness (QED) is 0.518. The fraction of sp³-hybridized carbons (Fsp3) is 0.100. The highest BCUT2D eigenvalue weighted by atomic mass is 32.2. The highest BCUT2D eigenvalue weighted by molar-refractivity contribution is 7.99. The maximum absolute atomic E-state index is 9.07. The molecule has 6 nitrogen and oxygen atoms in total. The number of hydrogen-bond acceptors (Lipinski definition) is 6. The van der Waals surface area contributed by atoms with E-state index >= 15 is 0 Å². The van der Waals surface area contributed by atoms with E-state index in [0.717, 1.165) is 22.7 Å². The first kappa shape index (κ1) is 17.1. The molecule has 0 atom stereocenters. The summed E-state index contributed by atoms with van der Waals surface area (Å²) in [5, 5.41) is 19.2. The number of rotatable bonds is 5. The first-order chi connectivity index (χ1) is 13.2. The van der Waals surface area contributed by atoms with E-state index in [1.54, 1.807) is 12.3 Å². The molecular weight excluding hydrogens is 358 g/mol. The lowest BCUT2D eigenvalue weighted by atomic mass is 10.2. The minimum Gasteiger partial charge on any atom is -0.469 e. The van der Waals surface area contributed by atoms with E-state index in [-0.39, 0.29) is 0 Å². The van der Waals surface area contributed by atoms with Crippen molar-refractivity contribution in [1.29, 1.82) is 5.26 Å². The lowest BCUT2D eigenvalue weighted by molar-refractivity contribution is 0.534. The van der Waals surface area contributed by atoms with Gasteiger partial charge in [-0.25, -0.2) is 4.98 Å². The van der Waals surface area contributed by atoms with E-state index in [0.29, 0.717) is 22.4 Å². The van der Waals surface area contributed by atoms with Gasteiger partial charge in [-0.15, -0.1) is 10.2 Å². The maximum atomic E-state index is 9.07. The van der Waals surface area contributed by atoms with Crippen molar-refractivity contribution in [2.24, 2.45) is 0 Å². The van der Waals surface area contributed by atoms with Crippen LogP contribution in [-0.2, 0) is 6.54 Å². The summed E-state index contributed by atoms with van der Waals surface area (Å²) in [6.45, 7) is 2.52. The Kier molecular flexibility index (Phi) is 4.73. The fourth-order valence-corrected chi connectivity index (χ4v) is 3.54. The van der Waals surface area contributed by atoms with Crippen molar-refractivity contribution in [3.8, 4) is 17.5 Å². The average molecular weight is 373 g/mol. The molecular formula is C20H15N5OS. The van der Waals surface area contributed by atoms with E-state index in [2.05, 4.69) is 33.4 Å². The first-order valence-corrected chi connectivity index (χ1v) is 9.13. The van der Waals surface area contributed by atoms with Gasteiger partial charge >= 0.3 is 0 Å². The molecule has 4 aromatic rings. The summed E-state index contributed by atoms with van der Waals surface area (Å²) in [6, 6.07) is 19.4. The molecule has 0 amide bonds. The van der Waals surface area contributed by atoms with Crippen LogP contribution in [0.2, 0.25) is 0 Å². The van der Waals surface area contributed by atoms with Crippen LogP contribution in [0.4, 0.5) is 0 Å². The molecule has 0 unspecified atom stereocenters. The minimum atomic E-state index is 0.375. The van der Waals surface area contributed by atoms with Gasteiger partial charge < -0.3 is 4.42 Å². The molecule has 0 N–H and O–H groups in total. The van der Waals surface area contributed by atoms with Crippen LogP contribution in [0, 0.1) is 18.3 Å². The predicted octanol–water partition coefficient (Wildman–Crippen LogP) is 4.31. The third-order valence-corrected chi connectivity index (χ3v) is 4.96. The molecule has 4 rings (SSSR count). The number of furan rings is 1. The molecule has 3 heterocycles. The fourth-order valence-electron chi connectivity index (χ4n) is 2.72. The predicted molar refractivity (Wildman–Crippen MR) is 101 cm³/mol. The van der Waals surface area contributed by atoms with Gasteiger partial charge in [0.2, 0.25) is 0 Å². The standard InChI is InChI=1S/C20H15N5OS/c1-14-17(10-11-26-14)19-23-24-20(25(19)13-15-6-3-2-4-7-15)27-18-9-5-8-16(12-21)22-18/h2-11H,13H2,1H3.